The van der Waals surface area contributed by atoms with Gasteiger partial charge in [-0.3, -0.25) is 4.79 Å². The molecule has 200 valence electrons. The molecule has 35 heavy (non-hydrogen) atoms. The fourth-order valence-corrected chi connectivity index (χ4v) is 7.19. The van der Waals surface area contributed by atoms with Crippen LogP contribution < -0.4 is 10.6 Å². The van der Waals surface area contributed by atoms with E-state index >= 15 is 0 Å². The molecule has 4 rings (SSSR count). The molecule has 0 radical (unpaired) electrons. The van der Waals surface area contributed by atoms with Crippen LogP contribution in [0.5, 0.6) is 0 Å². The van der Waals surface area contributed by atoms with Gasteiger partial charge in [0.25, 0.3) is 0 Å². The second-order valence-electron chi connectivity index (χ2n) is 11.0. The third-order valence-corrected chi connectivity index (χ3v) is 9.13. The minimum absolute atomic E-state index is 0.0534. The Hall–Kier alpha value is -0.720. The van der Waals surface area contributed by atoms with Gasteiger partial charge in [-0.15, -0.1) is 11.8 Å². The lowest BCUT2D eigenvalue weighted by molar-refractivity contribution is -0.205. The largest absolute Gasteiger partial charge is 0.396 e. The molecular weight excluding hydrogens is 472 g/mol. The van der Waals surface area contributed by atoms with E-state index in [0.717, 1.165) is 25.8 Å². The third-order valence-electron chi connectivity index (χ3n) is 7.79. The van der Waals surface area contributed by atoms with E-state index < -0.39 is 41.9 Å². The summed E-state index contributed by atoms with van der Waals surface area (Å²) in [5.41, 5.74) is -0.768. The van der Waals surface area contributed by atoms with E-state index in [1.54, 1.807) is 0 Å². The van der Waals surface area contributed by atoms with Crippen LogP contribution in [-0.4, -0.2) is 99.9 Å². The molecule has 2 bridgehead atoms. The molecule has 10 heteroatoms. The average molecular weight is 515 g/mol. The van der Waals surface area contributed by atoms with Gasteiger partial charge in [0.15, 0.2) is 0 Å². The van der Waals surface area contributed by atoms with Gasteiger partial charge >= 0.3 is 0 Å². The molecule has 3 unspecified atom stereocenters. The van der Waals surface area contributed by atoms with Gasteiger partial charge in [-0.05, 0) is 43.4 Å². The Morgan fingerprint density at radius 2 is 2.00 bits per heavy atom. The van der Waals surface area contributed by atoms with Crippen molar-refractivity contribution in [3.8, 4) is 0 Å². The molecule has 11 atom stereocenters. The maximum atomic E-state index is 13.5. The average Bonchev–Trinajstić information content (AvgIpc) is 3.11. The molecule has 0 saturated carbocycles. The normalized spacial score (nSPS) is 45.4. The van der Waals surface area contributed by atoms with Crippen LogP contribution in [0.3, 0.4) is 0 Å². The summed E-state index contributed by atoms with van der Waals surface area (Å²) >= 11 is 1.29. The Morgan fingerprint density at radius 3 is 2.74 bits per heavy atom. The van der Waals surface area contributed by atoms with E-state index in [1.165, 1.54) is 11.8 Å². The Balaban J connectivity index is 1.47. The monoisotopic (exact) mass is 514 g/mol. The van der Waals surface area contributed by atoms with E-state index in [4.69, 9.17) is 9.47 Å². The maximum Gasteiger partial charge on any atom is 0.240 e. The smallest absolute Gasteiger partial charge is 0.240 e. The lowest BCUT2D eigenvalue weighted by Crippen LogP contribution is -2.64. The molecule has 3 fully saturated rings. The second kappa shape index (κ2) is 12.2. The number of nitrogens with one attached hydrogen (secondary N) is 2. The molecule has 1 amide bonds. The van der Waals surface area contributed by atoms with E-state index in [2.05, 4.69) is 24.5 Å². The van der Waals surface area contributed by atoms with Crippen molar-refractivity contribution in [2.45, 2.75) is 87.6 Å². The number of hydrogen-bond donors (Lipinski definition) is 6. The van der Waals surface area contributed by atoms with E-state index in [-0.39, 0.29) is 30.5 Å². The van der Waals surface area contributed by atoms with Crippen molar-refractivity contribution in [1.82, 2.24) is 10.6 Å². The van der Waals surface area contributed by atoms with Crippen molar-refractivity contribution < 1.29 is 34.7 Å². The van der Waals surface area contributed by atoms with Crippen LogP contribution in [0.15, 0.2) is 12.2 Å². The zero-order chi connectivity index (χ0) is 25.1. The van der Waals surface area contributed by atoms with Gasteiger partial charge in [0.2, 0.25) is 5.91 Å². The highest BCUT2D eigenvalue weighted by atomic mass is 32.2. The Morgan fingerprint density at radius 1 is 1.20 bits per heavy atom. The predicted molar refractivity (Wildman–Crippen MR) is 133 cm³/mol. The van der Waals surface area contributed by atoms with Gasteiger partial charge in [-0.25, -0.2) is 0 Å². The van der Waals surface area contributed by atoms with Crippen LogP contribution >= 0.6 is 11.8 Å². The summed E-state index contributed by atoms with van der Waals surface area (Å²) in [7, 11) is 0. The summed E-state index contributed by atoms with van der Waals surface area (Å²) in [5, 5.41) is 47.7. The summed E-state index contributed by atoms with van der Waals surface area (Å²) in [6.45, 7) is 5.80. The number of hydrogen-bond acceptors (Lipinski definition) is 9. The molecule has 3 saturated heterocycles. The zero-order valence-electron chi connectivity index (χ0n) is 20.7. The number of aliphatic hydroxyl groups excluding tert-OH is 4. The molecule has 6 N–H and O–H groups in total. The number of carbonyl (C=O) groups excluding carboxylic acids is 1. The van der Waals surface area contributed by atoms with Gasteiger partial charge in [-0.2, -0.15) is 0 Å². The number of fused-ring (bicyclic) bond motifs is 3. The number of ether oxygens (including phenoxy) is 2. The third kappa shape index (κ3) is 6.41. The first kappa shape index (κ1) is 27.3. The molecule has 0 aliphatic carbocycles. The zero-order valence-corrected chi connectivity index (χ0v) is 21.5. The summed E-state index contributed by atoms with van der Waals surface area (Å²) < 4.78 is 12.2. The lowest BCUT2D eigenvalue weighted by Gasteiger charge is -2.44. The van der Waals surface area contributed by atoms with Crippen LogP contribution in [0.4, 0.5) is 0 Å². The molecule has 9 nitrogen and oxygen atoms in total. The fourth-order valence-electron chi connectivity index (χ4n) is 5.97. The standard InChI is InChI=1S/C25H42N2O7S/c1-13(2)8-14-6-7-33-22-16(9-14)10-26-18(22)24(32)27-17-5-3-4-15(11-28)12-35-25-21(31)19(29)20(30)23(17)34-25/h3-4,13-23,25-26,28-31H,5-12H2,1-2H3,(H,27,32)/b4-3+/t14-,15?,16-,17+,18-,19?,20-,21+,22+,23+,25?/m0/s1. The van der Waals surface area contributed by atoms with Crippen molar-refractivity contribution in [1.29, 1.82) is 0 Å². The number of aliphatic hydroxyl groups is 4. The topological polar surface area (TPSA) is 141 Å². The Labute approximate surface area is 212 Å². The molecule has 4 heterocycles. The van der Waals surface area contributed by atoms with Gasteiger partial charge in [0, 0.05) is 24.8 Å². The first-order valence-corrected chi connectivity index (χ1v) is 14.1. The Bertz CT molecular complexity index is 741. The first-order valence-electron chi connectivity index (χ1n) is 13.0. The Kier molecular flexibility index (Phi) is 9.53. The molecule has 0 aromatic heterocycles. The van der Waals surface area contributed by atoms with Gasteiger partial charge in [0.05, 0.1) is 18.8 Å². The SMILES string of the molecule is CC(C)C[C@@H]1CCO[C@@H]2[C@H](CN[C@@H]2C(=O)N[C@@H]2C/C=C/C(CO)CSC3O[C@H]2[C@@H](O)C(O)[C@H]3O)C1. The first-order chi connectivity index (χ1) is 16.8. The van der Waals surface area contributed by atoms with Crippen LogP contribution in [0, 0.1) is 23.7 Å². The number of thioether (sulfide) groups is 1. The van der Waals surface area contributed by atoms with E-state index in [1.807, 2.05) is 12.2 Å². The van der Waals surface area contributed by atoms with Gasteiger partial charge < -0.3 is 40.5 Å². The molecule has 0 aromatic carbocycles. The minimum atomic E-state index is -1.39. The van der Waals surface area contributed by atoms with Gasteiger partial charge in [0.1, 0.15) is 35.9 Å². The number of rotatable bonds is 5. The van der Waals surface area contributed by atoms with Crippen molar-refractivity contribution in [2.24, 2.45) is 23.7 Å². The van der Waals surface area contributed by atoms with E-state index in [9.17, 15) is 25.2 Å². The highest BCUT2D eigenvalue weighted by Crippen LogP contribution is 2.35. The highest BCUT2D eigenvalue weighted by Gasteiger charge is 2.49. The summed E-state index contributed by atoms with van der Waals surface area (Å²) in [5.74, 6) is 1.67. The second-order valence-corrected chi connectivity index (χ2v) is 12.1. The summed E-state index contributed by atoms with van der Waals surface area (Å²) in [4.78, 5) is 13.5. The highest BCUT2D eigenvalue weighted by molar-refractivity contribution is 7.99. The summed E-state index contributed by atoms with van der Waals surface area (Å²) in [6, 6.07) is -1.11. The van der Waals surface area contributed by atoms with Crippen LogP contribution in [0.1, 0.15) is 39.5 Å². The van der Waals surface area contributed by atoms with Crippen molar-refractivity contribution in [3.63, 3.8) is 0 Å². The van der Waals surface area contributed by atoms with Crippen LogP contribution in [0.25, 0.3) is 0 Å². The summed E-state index contributed by atoms with van der Waals surface area (Å²) in [6.07, 6.45) is 2.28. The minimum Gasteiger partial charge on any atom is -0.396 e. The number of carbonyl (C=O) groups is 1. The molecule has 0 spiro atoms. The maximum absolute atomic E-state index is 13.5. The fraction of sp³-hybridized carbons (Fsp3) is 0.880. The van der Waals surface area contributed by atoms with Crippen molar-refractivity contribution in [2.75, 3.05) is 25.5 Å². The lowest BCUT2D eigenvalue weighted by atomic mass is 9.85. The van der Waals surface area contributed by atoms with Crippen molar-refractivity contribution in [3.05, 3.63) is 12.2 Å². The van der Waals surface area contributed by atoms with Gasteiger partial charge in [-0.1, -0.05) is 26.0 Å². The van der Waals surface area contributed by atoms with E-state index in [0.29, 0.717) is 30.6 Å². The molecule has 4 aliphatic rings. The van der Waals surface area contributed by atoms with Crippen LogP contribution in [0.2, 0.25) is 0 Å². The quantitative estimate of drug-likeness (QED) is 0.280. The van der Waals surface area contributed by atoms with Crippen LogP contribution in [-0.2, 0) is 14.3 Å². The molecule has 4 aliphatic heterocycles. The predicted octanol–water partition coefficient (Wildman–Crippen LogP) is 0.00970. The molecular formula is C25H42N2O7S. The molecule has 0 aromatic rings. The number of amides is 1. The van der Waals surface area contributed by atoms with Crippen molar-refractivity contribution >= 4 is 17.7 Å².